The highest BCUT2D eigenvalue weighted by molar-refractivity contribution is 5.57. The molecule has 1 saturated heterocycles. The Morgan fingerprint density at radius 1 is 1.08 bits per heavy atom. The van der Waals surface area contributed by atoms with Crippen LogP contribution in [0.4, 0.5) is 4.39 Å². The van der Waals surface area contributed by atoms with Crippen LogP contribution in [0.15, 0.2) is 55.1 Å². The zero-order chi connectivity index (χ0) is 17.9. The Hall–Kier alpha value is -2.53. The zero-order valence-corrected chi connectivity index (χ0v) is 15.0. The molecule has 5 heteroatoms. The molecule has 0 spiro atoms. The number of hydrogen-bond acceptors (Lipinski definition) is 3. The Morgan fingerprint density at radius 3 is 2.58 bits per heavy atom. The van der Waals surface area contributed by atoms with E-state index in [4.69, 9.17) is 0 Å². The van der Waals surface area contributed by atoms with Crippen LogP contribution in [-0.4, -0.2) is 32.5 Å². The van der Waals surface area contributed by atoms with Crippen LogP contribution in [0.5, 0.6) is 0 Å². The number of nitrogens with zero attached hydrogens (tertiary/aromatic N) is 4. The summed E-state index contributed by atoms with van der Waals surface area (Å²) in [6.45, 7) is 5.18. The van der Waals surface area contributed by atoms with Gasteiger partial charge in [-0.15, -0.1) is 0 Å². The van der Waals surface area contributed by atoms with Crippen LogP contribution in [0.2, 0.25) is 0 Å². The van der Waals surface area contributed by atoms with E-state index in [0.29, 0.717) is 6.04 Å². The second-order valence-electron chi connectivity index (χ2n) is 7.03. The van der Waals surface area contributed by atoms with Crippen molar-refractivity contribution in [2.75, 3.05) is 13.1 Å². The molecule has 4 nitrogen and oxygen atoms in total. The summed E-state index contributed by atoms with van der Waals surface area (Å²) in [7, 11) is 0. The molecule has 1 aliphatic heterocycles. The van der Waals surface area contributed by atoms with Crippen molar-refractivity contribution in [1.82, 2.24) is 19.4 Å². The summed E-state index contributed by atoms with van der Waals surface area (Å²) in [5, 5.41) is 0. The van der Waals surface area contributed by atoms with E-state index in [1.165, 1.54) is 17.7 Å². The van der Waals surface area contributed by atoms with Gasteiger partial charge in [-0.2, -0.15) is 0 Å². The maximum Gasteiger partial charge on any atom is 0.123 e. The highest BCUT2D eigenvalue weighted by Crippen LogP contribution is 2.26. The van der Waals surface area contributed by atoms with Gasteiger partial charge in [-0.25, -0.2) is 9.37 Å². The topological polar surface area (TPSA) is 34.0 Å². The molecule has 0 amide bonds. The fourth-order valence-corrected chi connectivity index (χ4v) is 3.64. The third kappa shape index (κ3) is 3.83. The maximum absolute atomic E-state index is 13.1. The van der Waals surface area contributed by atoms with E-state index in [1.54, 1.807) is 12.1 Å². The molecular formula is C21H23FN4. The predicted octanol–water partition coefficient (Wildman–Crippen LogP) is 4.23. The van der Waals surface area contributed by atoms with Crippen molar-refractivity contribution in [1.29, 1.82) is 0 Å². The van der Waals surface area contributed by atoms with Gasteiger partial charge in [0.1, 0.15) is 5.82 Å². The molecule has 0 atom stereocenters. The van der Waals surface area contributed by atoms with Crippen LogP contribution < -0.4 is 0 Å². The van der Waals surface area contributed by atoms with Crippen LogP contribution in [-0.2, 0) is 6.54 Å². The third-order valence-electron chi connectivity index (χ3n) is 5.09. The first kappa shape index (κ1) is 16.9. The fraction of sp³-hybridized carbons (Fsp3) is 0.333. The summed E-state index contributed by atoms with van der Waals surface area (Å²) >= 11 is 0. The van der Waals surface area contributed by atoms with Crippen LogP contribution in [0.25, 0.3) is 11.3 Å². The lowest BCUT2D eigenvalue weighted by atomic mass is 10.0. The van der Waals surface area contributed by atoms with Gasteiger partial charge in [0.25, 0.3) is 0 Å². The molecule has 0 N–H and O–H groups in total. The molecule has 3 aromatic rings. The molecule has 26 heavy (non-hydrogen) atoms. The van der Waals surface area contributed by atoms with Crippen molar-refractivity contribution in [3.8, 4) is 11.3 Å². The molecule has 0 saturated carbocycles. The third-order valence-corrected chi connectivity index (χ3v) is 5.09. The summed E-state index contributed by atoms with van der Waals surface area (Å²) in [5.41, 5.74) is 4.26. The van der Waals surface area contributed by atoms with E-state index >= 15 is 0 Å². The molecule has 3 heterocycles. The molecular weight excluding hydrogens is 327 g/mol. The Kier molecular flexibility index (Phi) is 4.80. The molecule has 1 fully saturated rings. The normalized spacial score (nSPS) is 16.1. The first-order valence-corrected chi connectivity index (χ1v) is 9.11. The standard InChI is InChI=1S/C21H23FN4/c1-16-12-17(6-9-23-16)13-25-10-7-20(8-11-25)26-14-21(24-15-26)18-2-4-19(22)5-3-18/h2-6,9,12,14-15,20H,7-8,10-11,13H2,1H3. The molecule has 0 aliphatic carbocycles. The number of aryl methyl sites for hydroxylation is 1. The van der Waals surface area contributed by atoms with Crippen molar-refractivity contribution in [2.24, 2.45) is 0 Å². The Balaban J connectivity index is 1.37. The second-order valence-corrected chi connectivity index (χ2v) is 7.03. The van der Waals surface area contributed by atoms with Crippen molar-refractivity contribution in [3.05, 3.63) is 72.2 Å². The van der Waals surface area contributed by atoms with Gasteiger partial charge < -0.3 is 4.57 Å². The monoisotopic (exact) mass is 350 g/mol. The number of pyridine rings is 1. The van der Waals surface area contributed by atoms with Crippen molar-refractivity contribution >= 4 is 0 Å². The summed E-state index contributed by atoms with van der Waals surface area (Å²) < 4.78 is 15.3. The number of benzene rings is 1. The fourth-order valence-electron chi connectivity index (χ4n) is 3.64. The summed E-state index contributed by atoms with van der Waals surface area (Å²) in [5.74, 6) is -0.218. The highest BCUT2D eigenvalue weighted by Gasteiger charge is 2.21. The molecule has 0 radical (unpaired) electrons. The van der Waals surface area contributed by atoms with Gasteiger partial charge in [0.05, 0.1) is 12.0 Å². The predicted molar refractivity (Wildman–Crippen MR) is 100 cm³/mol. The van der Waals surface area contributed by atoms with E-state index in [-0.39, 0.29) is 5.82 Å². The molecule has 134 valence electrons. The van der Waals surface area contributed by atoms with Gasteiger partial charge in [-0.1, -0.05) is 0 Å². The Labute approximate surface area is 153 Å². The average Bonchev–Trinajstić information content (AvgIpc) is 3.13. The molecule has 2 aromatic heterocycles. The molecule has 1 aromatic carbocycles. The second kappa shape index (κ2) is 7.38. The number of likely N-dealkylation sites (tertiary alicyclic amines) is 1. The largest absolute Gasteiger partial charge is 0.334 e. The van der Waals surface area contributed by atoms with Gasteiger partial charge in [0, 0.05) is 49.3 Å². The van der Waals surface area contributed by atoms with Crippen molar-refractivity contribution in [2.45, 2.75) is 32.4 Å². The van der Waals surface area contributed by atoms with E-state index in [9.17, 15) is 4.39 Å². The molecule has 1 aliphatic rings. The van der Waals surface area contributed by atoms with Crippen LogP contribution in [0, 0.1) is 12.7 Å². The van der Waals surface area contributed by atoms with Crippen LogP contribution in [0.1, 0.15) is 30.1 Å². The lowest BCUT2D eigenvalue weighted by Crippen LogP contribution is -2.34. The smallest absolute Gasteiger partial charge is 0.123 e. The van der Waals surface area contributed by atoms with Gasteiger partial charge in [-0.3, -0.25) is 9.88 Å². The van der Waals surface area contributed by atoms with Crippen molar-refractivity contribution < 1.29 is 4.39 Å². The van der Waals surface area contributed by atoms with Crippen molar-refractivity contribution in [3.63, 3.8) is 0 Å². The molecule has 0 unspecified atom stereocenters. The maximum atomic E-state index is 13.1. The van der Waals surface area contributed by atoms with E-state index < -0.39 is 0 Å². The number of rotatable bonds is 4. The Bertz CT molecular complexity index is 864. The summed E-state index contributed by atoms with van der Waals surface area (Å²) in [6, 6.07) is 11.3. The SMILES string of the molecule is Cc1cc(CN2CCC(n3cnc(-c4ccc(F)cc4)c3)CC2)ccn1. The van der Waals surface area contributed by atoms with Gasteiger partial charge >= 0.3 is 0 Å². The minimum Gasteiger partial charge on any atom is -0.334 e. The number of halogens is 1. The summed E-state index contributed by atoms with van der Waals surface area (Å²) in [4.78, 5) is 11.3. The highest BCUT2D eigenvalue weighted by atomic mass is 19.1. The van der Waals surface area contributed by atoms with Crippen LogP contribution in [0.3, 0.4) is 0 Å². The van der Waals surface area contributed by atoms with Gasteiger partial charge in [0.2, 0.25) is 0 Å². The number of aromatic nitrogens is 3. The summed E-state index contributed by atoms with van der Waals surface area (Å²) in [6.07, 6.45) is 8.11. The number of imidazole rings is 1. The lowest BCUT2D eigenvalue weighted by Gasteiger charge is -2.32. The van der Waals surface area contributed by atoms with E-state index in [2.05, 4.69) is 37.8 Å². The number of piperidine rings is 1. The minimum atomic E-state index is -0.218. The lowest BCUT2D eigenvalue weighted by molar-refractivity contribution is 0.179. The molecule has 4 rings (SSSR count). The quantitative estimate of drug-likeness (QED) is 0.706. The minimum absolute atomic E-state index is 0.218. The van der Waals surface area contributed by atoms with Gasteiger partial charge in [-0.05, 0) is 61.7 Å². The van der Waals surface area contributed by atoms with E-state index in [1.807, 2.05) is 19.4 Å². The average molecular weight is 350 g/mol. The van der Waals surface area contributed by atoms with Crippen LogP contribution >= 0.6 is 0 Å². The zero-order valence-electron chi connectivity index (χ0n) is 15.0. The Morgan fingerprint density at radius 2 is 1.85 bits per heavy atom. The van der Waals surface area contributed by atoms with E-state index in [0.717, 1.165) is 49.4 Å². The molecule has 0 bridgehead atoms. The first-order chi connectivity index (χ1) is 12.7. The first-order valence-electron chi connectivity index (χ1n) is 9.11. The van der Waals surface area contributed by atoms with Gasteiger partial charge in [0.15, 0.2) is 0 Å². The number of hydrogen-bond donors (Lipinski definition) is 0.